The fourth-order valence-electron chi connectivity index (χ4n) is 2.77. The largest absolute Gasteiger partial charge is 0.381 e. The van der Waals surface area contributed by atoms with Gasteiger partial charge in [-0.1, -0.05) is 12.1 Å². The first kappa shape index (κ1) is 12.6. The summed E-state index contributed by atoms with van der Waals surface area (Å²) < 4.78 is 5.42. The summed E-state index contributed by atoms with van der Waals surface area (Å²) >= 11 is 0. The quantitative estimate of drug-likeness (QED) is 0.870. The van der Waals surface area contributed by atoms with Crippen LogP contribution < -0.4 is 5.32 Å². The van der Waals surface area contributed by atoms with Gasteiger partial charge in [-0.3, -0.25) is 4.79 Å². The van der Waals surface area contributed by atoms with E-state index >= 15 is 0 Å². The number of nitrogens with one attached hydrogen (secondary N) is 1. The van der Waals surface area contributed by atoms with Crippen LogP contribution in [0.5, 0.6) is 0 Å². The van der Waals surface area contributed by atoms with E-state index in [0.29, 0.717) is 5.92 Å². The molecule has 1 atom stereocenters. The molecule has 0 aliphatic carbocycles. The van der Waals surface area contributed by atoms with E-state index < -0.39 is 0 Å². The average molecular weight is 260 g/mol. The Bertz CT molecular complexity index is 449. The Morgan fingerprint density at radius 2 is 2.16 bits per heavy atom. The third kappa shape index (κ3) is 2.80. The van der Waals surface area contributed by atoms with Gasteiger partial charge in [-0.15, -0.1) is 0 Å². The first-order chi connectivity index (χ1) is 9.34. The highest BCUT2D eigenvalue weighted by Gasteiger charge is 2.21. The number of amides is 1. The topological polar surface area (TPSA) is 41.6 Å². The minimum absolute atomic E-state index is 0.155. The van der Waals surface area contributed by atoms with Gasteiger partial charge in [-0.25, -0.2) is 0 Å². The van der Waals surface area contributed by atoms with Crippen molar-refractivity contribution in [3.63, 3.8) is 0 Å². The summed E-state index contributed by atoms with van der Waals surface area (Å²) in [7, 11) is 0. The highest BCUT2D eigenvalue weighted by Crippen LogP contribution is 2.26. The summed E-state index contributed by atoms with van der Waals surface area (Å²) in [5.41, 5.74) is 2.05. The summed E-state index contributed by atoms with van der Waals surface area (Å²) in [5.74, 6) is 0.609. The summed E-state index contributed by atoms with van der Waals surface area (Å²) in [5, 5.41) is 3.27. The van der Waals surface area contributed by atoms with E-state index in [1.54, 1.807) is 0 Å². The van der Waals surface area contributed by atoms with Gasteiger partial charge in [0.2, 0.25) is 0 Å². The van der Waals surface area contributed by atoms with E-state index in [-0.39, 0.29) is 5.91 Å². The summed E-state index contributed by atoms with van der Waals surface area (Å²) in [6.07, 6.45) is 1.06. The number of benzene rings is 1. The van der Waals surface area contributed by atoms with Crippen molar-refractivity contribution in [1.82, 2.24) is 10.2 Å². The van der Waals surface area contributed by atoms with Crippen LogP contribution >= 0.6 is 0 Å². The molecule has 0 saturated carbocycles. The summed E-state index contributed by atoms with van der Waals surface area (Å²) in [6, 6.07) is 8.06. The lowest BCUT2D eigenvalue weighted by Crippen LogP contribution is -2.46. The van der Waals surface area contributed by atoms with Gasteiger partial charge < -0.3 is 15.0 Å². The maximum atomic E-state index is 12.4. The van der Waals surface area contributed by atoms with Crippen molar-refractivity contribution in [3.05, 3.63) is 35.4 Å². The molecule has 3 rings (SSSR count). The Morgan fingerprint density at radius 3 is 2.89 bits per heavy atom. The van der Waals surface area contributed by atoms with E-state index in [0.717, 1.165) is 51.4 Å². The van der Waals surface area contributed by atoms with Crippen molar-refractivity contribution in [2.24, 2.45) is 0 Å². The highest BCUT2D eigenvalue weighted by atomic mass is 16.5. The van der Waals surface area contributed by atoms with Gasteiger partial charge in [0.1, 0.15) is 0 Å². The van der Waals surface area contributed by atoms with E-state index in [4.69, 9.17) is 4.74 Å². The molecule has 1 unspecified atom stereocenters. The third-order valence-corrected chi connectivity index (χ3v) is 3.94. The molecule has 1 aromatic carbocycles. The van der Waals surface area contributed by atoms with Crippen LogP contribution in [0.3, 0.4) is 0 Å². The second-order valence-electron chi connectivity index (χ2n) is 5.23. The number of piperazine rings is 1. The van der Waals surface area contributed by atoms with E-state index in [9.17, 15) is 4.79 Å². The zero-order valence-corrected chi connectivity index (χ0v) is 11.1. The third-order valence-electron chi connectivity index (χ3n) is 3.94. The molecular weight excluding hydrogens is 240 g/mol. The van der Waals surface area contributed by atoms with E-state index in [1.807, 2.05) is 23.1 Å². The Hall–Kier alpha value is -1.39. The summed E-state index contributed by atoms with van der Waals surface area (Å²) in [4.78, 5) is 14.4. The minimum Gasteiger partial charge on any atom is -0.381 e. The van der Waals surface area contributed by atoms with Crippen LogP contribution in [-0.4, -0.2) is 50.2 Å². The molecule has 2 aliphatic rings. The van der Waals surface area contributed by atoms with Gasteiger partial charge in [0.05, 0.1) is 6.61 Å². The Kier molecular flexibility index (Phi) is 3.80. The van der Waals surface area contributed by atoms with Crippen molar-refractivity contribution in [2.45, 2.75) is 12.3 Å². The highest BCUT2D eigenvalue weighted by molar-refractivity contribution is 5.94. The molecule has 4 nitrogen and oxygen atoms in total. The maximum absolute atomic E-state index is 12.4. The number of nitrogens with zero attached hydrogens (tertiary/aromatic N) is 1. The molecule has 0 aromatic heterocycles. The van der Waals surface area contributed by atoms with Crippen molar-refractivity contribution in [3.8, 4) is 0 Å². The molecule has 2 heterocycles. The van der Waals surface area contributed by atoms with Gasteiger partial charge in [0.15, 0.2) is 0 Å². The lowest BCUT2D eigenvalue weighted by Gasteiger charge is -2.27. The molecule has 4 heteroatoms. The molecule has 0 spiro atoms. The molecule has 0 radical (unpaired) electrons. The first-order valence-corrected chi connectivity index (χ1v) is 7.02. The monoisotopic (exact) mass is 260 g/mol. The number of ether oxygens (including phenoxy) is 1. The fourth-order valence-corrected chi connectivity index (χ4v) is 2.77. The number of rotatable bonds is 2. The molecule has 0 bridgehead atoms. The van der Waals surface area contributed by atoms with Crippen LogP contribution in [0.4, 0.5) is 0 Å². The molecule has 2 saturated heterocycles. The fraction of sp³-hybridized carbons (Fsp3) is 0.533. The van der Waals surface area contributed by atoms with Crippen molar-refractivity contribution < 1.29 is 9.53 Å². The second-order valence-corrected chi connectivity index (χ2v) is 5.23. The van der Waals surface area contributed by atoms with Crippen LogP contribution in [0, 0.1) is 0 Å². The van der Waals surface area contributed by atoms with Crippen LogP contribution in [0.25, 0.3) is 0 Å². The normalized spacial score (nSPS) is 23.6. The average Bonchev–Trinajstić information content (AvgIpc) is 3.02. The molecule has 1 aromatic rings. The standard InChI is InChI=1S/C15H20N2O2/c18-15(17-7-5-16-6-8-17)13-3-1-2-12(10-13)14-4-9-19-11-14/h1-3,10,14,16H,4-9,11H2. The van der Waals surface area contributed by atoms with Crippen molar-refractivity contribution in [1.29, 1.82) is 0 Å². The van der Waals surface area contributed by atoms with Crippen LogP contribution in [0.15, 0.2) is 24.3 Å². The van der Waals surface area contributed by atoms with Gasteiger partial charge in [-0.05, 0) is 24.1 Å². The zero-order chi connectivity index (χ0) is 13.1. The Labute approximate surface area is 113 Å². The van der Waals surface area contributed by atoms with Crippen LogP contribution in [0.2, 0.25) is 0 Å². The van der Waals surface area contributed by atoms with E-state index in [2.05, 4.69) is 11.4 Å². The van der Waals surface area contributed by atoms with Crippen LogP contribution in [-0.2, 0) is 4.74 Å². The maximum Gasteiger partial charge on any atom is 0.253 e. The molecule has 19 heavy (non-hydrogen) atoms. The van der Waals surface area contributed by atoms with Gasteiger partial charge in [0.25, 0.3) is 5.91 Å². The van der Waals surface area contributed by atoms with Gasteiger partial charge >= 0.3 is 0 Å². The number of carbonyl (C=O) groups is 1. The summed E-state index contributed by atoms with van der Waals surface area (Å²) in [6.45, 7) is 5.00. The van der Waals surface area contributed by atoms with Crippen molar-refractivity contribution in [2.75, 3.05) is 39.4 Å². The lowest BCUT2D eigenvalue weighted by atomic mass is 9.96. The SMILES string of the molecule is O=C(c1cccc(C2CCOC2)c1)N1CCNCC1. The van der Waals surface area contributed by atoms with Crippen molar-refractivity contribution >= 4 is 5.91 Å². The minimum atomic E-state index is 0.155. The van der Waals surface area contributed by atoms with Crippen LogP contribution in [0.1, 0.15) is 28.3 Å². The number of carbonyl (C=O) groups excluding carboxylic acids is 1. The molecule has 1 N–H and O–H groups in total. The van der Waals surface area contributed by atoms with Gasteiger partial charge in [0, 0.05) is 44.3 Å². The number of hydrogen-bond acceptors (Lipinski definition) is 3. The lowest BCUT2D eigenvalue weighted by molar-refractivity contribution is 0.0735. The Balaban J connectivity index is 1.76. The predicted octanol–water partition coefficient (Wildman–Crippen LogP) is 1.24. The van der Waals surface area contributed by atoms with Gasteiger partial charge in [-0.2, -0.15) is 0 Å². The predicted molar refractivity (Wildman–Crippen MR) is 73.4 cm³/mol. The first-order valence-electron chi connectivity index (χ1n) is 7.02. The number of hydrogen-bond donors (Lipinski definition) is 1. The molecule has 2 aliphatic heterocycles. The molecule has 1 amide bonds. The van der Waals surface area contributed by atoms with E-state index in [1.165, 1.54) is 5.56 Å². The zero-order valence-electron chi connectivity index (χ0n) is 11.1. The molecule has 2 fully saturated rings. The smallest absolute Gasteiger partial charge is 0.253 e. The Morgan fingerprint density at radius 1 is 1.32 bits per heavy atom. The molecule has 102 valence electrons. The molecular formula is C15H20N2O2. The second kappa shape index (κ2) is 5.72.